The molecule has 0 N–H and O–H groups in total. The topological polar surface area (TPSA) is 24.9 Å². The highest BCUT2D eigenvalue weighted by molar-refractivity contribution is 5.11. The lowest BCUT2D eigenvalue weighted by atomic mass is 9.97. The van der Waals surface area contributed by atoms with E-state index in [1.54, 1.807) is 0 Å². The van der Waals surface area contributed by atoms with Crippen LogP contribution in [0.2, 0.25) is 0 Å². The van der Waals surface area contributed by atoms with Gasteiger partial charge in [0.1, 0.15) is 12.3 Å². The van der Waals surface area contributed by atoms with Gasteiger partial charge < -0.3 is 9.47 Å². The molecule has 0 unspecified atom stereocenters. The van der Waals surface area contributed by atoms with Gasteiger partial charge in [-0.1, -0.05) is 0 Å². The van der Waals surface area contributed by atoms with Crippen LogP contribution < -0.4 is 0 Å². The molecule has 9 heavy (non-hydrogen) atoms. The Bertz CT molecular complexity index is 160. The van der Waals surface area contributed by atoms with Gasteiger partial charge in [-0.2, -0.15) is 0 Å². The van der Waals surface area contributed by atoms with Gasteiger partial charge in [-0.3, -0.25) is 0 Å². The van der Waals surface area contributed by atoms with Crippen molar-refractivity contribution in [2.24, 2.45) is 0 Å². The molecule has 0 atom stereocenters. The molecule has 8 saturated heterocycles. The summed E-state index contributed by atoms with van der Waals surface area (Å²) >= 11 is 0. The SMILES string of the molecule is C1N2C3C4OC(O4)C2N13. The molecule has 8 rings (SSSR count). The Morgan fingerprint density at radius 2 is 1.56 bits per heavy atom. The minimum atomic E-state index is 0.0914. The average Bonchev–Trinajstić information content (AvgIpc) is 1.54. The first kappa shape index (κ1) is 3.88. The molecule has 4 heteroatoms. The Labute approximate surface area is 51.9 Å². The van der Waals surface area contributed by atoms with Gasteiger partial charge in [0.15, 0.2) is 12.6 Å². The van der Waals surface area contributed by atoms with Gasteiger partial charge in [-0.25, -0.2) is 9.80 Å². The smallest absolute Gasteiger partial charge is 0.192 e. The Balaban J connectivity index is 1.86. The zero-order chi connectivity index (χ0) is 5.59. The molecule has 0 amide bonds. The first-order chi connectivity index (χ1) is 4.45. The van der Waals surface area contributed by atoms with E-state index in [0.29, 0.717) is 12.3 Å². The van der Waals surface area contributed by atoms with Crippen LogP contribution in [0.15, 0.2) is 0 Å². The molecule has 6 bridgehead atoms. The van der Waals surface area contributed by atoms with E-state index >= 15 is 0 Å². The standard InChI is InChI=1S/C5H6N2O2/c1-6-2-4-8-5(9-4)3(6)7(1)2/h2-5H,1H2. The van der Waals surface area contributed by atoms with Crippen molar-refractivity contribution >= 4 is 0 Å². The maximum absolute atomic E-state index is 5.33. The maximum Gasteiger partial charge on any atom is 0.192 e. The van der Waals surface area contributed by atoms with Gasteiger partial charge in [-0.15, -0.1) is 0 Å². The predicted molar refractivity (Wildman–Crippen MR) is 25.9 cm³/mol. The van der Waals surface area contributed by atoms with E-state index in [1.165, 1.54) is 0 Å². The van der Waals surface area contributed by atoms with Crippen LogP contribution >= 0.6 is 0 Å². The molecule has 8 aliphatic heterocycles. The molecule has 8 heterocycles. The van der Waals surface area contributed by atoms with Crippen molar-refractivity contribution < 1.29 is 9.47 Å². The van der Waals surface area contributed by atoms with E-state index in [2.05, 4.69) is 9.80 Å². The molecule has 0 spiro atoms. The minimum absolute atomic E-state index is 0.0914. The minimum Gasteiger partial charge on any atom is -0.317 e. The number of hydrogen-bond donors (Lipinski definition) is 0. The fraction of sp³-hybridized carbons (Fsp3) is 1.00. The van der Waals surface area contributed by atoms with Gasteiger partial charge in [0.05, 0.1) is 6.67 Å². The third-order valence-corrected chi connectivity index (χ3v) is 2.71. The zero-order valence-electron chi connectivity index (χ0n) is 4.73. The summed E-state index contributed by atoms with van der Waals surface area (Å²) < 4.78 is 10.7. The molecule has 0 aromatic heterocycles. The third kappa shape index (κ3) is 0.208. The summed E-state index contributed by atoms with van der Waals surface area (Å²) in [7, 11) is 0. The zero-order valence-corrected chi connectivity index (χ0v) is 4.73. The second-order valence-electron chi connectivity index (χ2n) is 3.01. The summed E-state index contributed by atoms with van der Waals surface area (Å²) in [5.74, 6) is 0. The summed E-state index contributed by atoms with van der Waals surface area (Å²) in [6, 6.07) is 0. The molecule has 48 valence electrons. The largest absolute Gasteiger partial charge is 0.317 e. The van der Waals surface area contributed by atoms with Crippen molar-refractivity contribution in [3.8, 4) is 0 Å². The average molecular weight is 126 g/mol. The Hall–Kier alpha value is -0.160. The van der Waals surface area contributed by atoms with E-state index in [9.17, 15) is 0 Å². The normalized spacial score (nSPS) is 80.0. The Morgan fingerprint density at radius 3 is 1.78 bits per heavy atom. The second kappa shape index (κ2) is 0.845. The number of rotatable bonds is 0. The Kier molecular flexibility index (Phi) is 0.364. The fourth-order valence-electron chi connectivity index (χ4n) is 2.14. The first-order valence-corrected chi connectivity index (χ1v) is 3.27. The summed E-state index contributed by atoms with van der Waals surface area (Å²) in [5, 5.41) is 0. The molecule has 0 aliphatic carbocycles. The summed E-state index contributed by atoms with van der Waals surface area (Å²) in [6.07, 6.45) is 1.18. The van der Waals surface area contributed by atoms with Gasteiger partial charge >= 0.3 is 0 Å². The van der Waals surface area contributed by atoms with Crippen LogP contribution in [0.1, 0.15) is 0 Å². The molecule has 0 aromatic rings. The van der Waals surface area contributed by atoms with Crippen LogP contribution in [0.4, 0.5) is 0 Å². The van der Waals surface area contributed by atoms with Crippen molar-refractivity contribution in [1.82, 2.24) is 9.80 Å². The number of ether oxygens (including phenoxy) is 2. The molecular formula is C5H6N2O2. The first-order valence-electron chi connectivity index (χ1n) is 3.27. The molecule has 0 aromatic carbocycles. The van der Waals surface area contributed by atoms with Crippen molar-refractivity contribution in [3.63, 3.8) is 0 Å². The van der Waals surface area contributed by atoms with Crippen molar-refractivity contribution in [3.05, 3.63) is 0 Å². The highest BCUT2D eigenvalue weighted by Crippen LogP contribution is 2.53. The summed E-state index contributed by atoms with van der Waals surface area (Å²) in [5.41, 5.74) is 0. The van der Waals surface area contributed by atoms with Crippen LogP contribution in [0.5, 0.6) is 0 Å². The van der Waals surface area contributed by atoms with Gasteiger partial charge in [0, 0.05) is 0 Å². The van der Waals surface area contributed by atoms with E-state index in [0.717, 1.165) is 6.67 Å². The van der Waals surface area contributed by atoms with E-state index in [1.807, 2.05) is 0 Å². The lowest BCUT2D eigenvalue weighted by Gasteiger charge is -2.79. The van der Waals surface area contributed by atoms with Gasteiger partial charge in [0.25, 0.3) is 0 Å². The lowest BCUT2D eigenvalue weighted by molar-refractivity contribution is -0.576. The molecule has 8 fully saturated rings. The van der Waals surface area contributed by atoms with E-state index < -0.39 is 0 Å². The maximum atomic E-state index is 5.33. The number of nitrogens with zero attached hydrogens (tertiary/aromatic N) is 2. The highest BCUT2D eigenvalue weighted by atomic mass is 16.9. The number of hydrogen-bond acceptors (Lipinski definition) is 4. The van der Waals surface area contributed by atoms with Crippen LogP contribution in [0.3, 0.4) is 0 Å². The highest BCUT2D eigenvalue weighted by Gasteiger charge is 2.73. The monoisotopic (exact) mass is 126 g/mol. The molecule has 0 radical (unpaired) electrons. The molecular weight excluding hydrogens is 120 g/mol. The van der Waals surface area contributed by atoms with Crippen molar-refractivity contribution in [2.75, 3.05) is 6.67 Å². The predicted octanol–water partition coefficient (Wildman–Crippen LogP) is -1.06. The van der Waals surface area contributed by atoms with Crippen LogP contribution in [0.25, 0.3) is 0 Å². The summed E-state index contributed by atoms with van der Waals surface area (Å²) in [6.45, 7) is 1.15. The van der Waals surface area contributed by atoms with Crippen LogP contribution in [-0.2, 0) is 9.47 Å². The molecule has 0 saturated carbocycles. The third-order valence-electron chi connectivity index (χ3n) is 2.71. The summed E-state index contributed by atoms with van der Waals surface area (Å²) in [4.78, 5) is 4.84. The van der Waals surface area contributed by atoms with Crippen LogP contribution in [-0.4, -0.2) is 41.4 Å². The lowest BCUT2D eigenvalue weighted by Crippen LogP contribution is -2.98. The quantitative estimate of drug-likeness (QED) is 0.413. The Morgan fingerprint density at radius 1 is 1.00 bits per heavy atom. The van der Waals surface area contributed by atoms with Crippen molar-refractivity contribution in [2.45, 2.75) is 24.9 Å². The van der Waals surface area contributed by atoms with Crippen LogP contribution in [0, 0.1) is 0 Å². The van der Waals surface area contributed by atoms with Gasteiger partial charge in [0.2, 0.25) is 0 Å². The van der Waals surface area contributed by atoms with E-state index in [-0.39, 0.29) is 12.6 Å². The molecule has 8 aliphatic rings. The van der Waals surface area contributed by atoms with Gasteiger partial charge in [-0.05, 0) is 0 Å². The van der Waals surface area contributed by atoms with E-state index in [4.69, 9.17) is 9.47 Å². The second-order valence-corrected chi connectivity index (χ2v) is 3.01. The van der Waals surface area contributed by atoms with Crippen molar-refractivity contribution in [1.29, 1.82) is 0 Å². The molecule has 4 nitrogen and oxygen atoms in total. The fourth-order valence-corrected chi connectivity index (χ4v) is 2.14. The number of morpholine rings is 4.